The molecule has 1 aromatic rings. The molecular formula is C13H22N2O2. The largest absolute Gasteiger partial charge is 0.504 e. The van der Waals surface area contributed by atoms with Gasteiger partial charge in [-0.3, -0.25) is 0 Å². The Morgan fingerprint density at radius 2 is 2.00 bits per heavy atom. The molecule has 0 fully saturated rings. The predicted octanol–water partition coefficient (Wildman–Crippen LogP) is 1.53. The third-order valence-corrected chi connectivity index (χ3v) is 2.94. The van der Waals surface area contributed by atoms with Gasteiger partial charge in [-0.1, -0.05) is 12.1 Å². The fourth-order valence-corrected chi connectivity index (χ4v) is 1.46. The summed E-state index contributed by atoms with van der Waals surface area (Å²) < 4.78 is 0. The van der Waals surface area contributed by atoms with Gasteiger partial charge in [0.15, 0.2) is 11.5 Å². The Kier molecular flexibility index (Phi) is 5.25. The van der Waals surface area contributed by atoms with Crippen LogP contribution in [-0.4, -0.2) is 41.3 Å². The highest BCUT2D eigenvalue weighted by molar-refractivity contribution is 5.44. The second-order valence-corrected chi connectivity index (χ2v) is 4.54. The highest BCUT2D eigenvalue weighted by Crippen LogP contribution is 2.27. The van der Waals surface area contributed by atoms with Crippen LogP contribution in [0.4, 0.5) is 0 Å². The van der Waals surface area contributed by atoms with E-state index >= 15 is 0 Å². The molecular weight excluding hydrogens is 216 g/mol. The van der Waals surface area contributed by atoms with Crippen molar-refractivity contribution in [3.63, 3.8) is 0 Å². The number of nitrogens with zero attached hydrogens (tertiary/aromatic N) is 1. The molecule has 1 aromatic carbocycles. The fourth-order valence-electron chi connectivity index (χ4n) is 1.46. The van der Waals surface area contributed by atoms with Crippen LogP contribution in [-0.2, 0) is 6.54 Å². The molecule has 0 saturated heterocycles. The van der Waals surface area contributed by atoms with Gasteiger partial charge in [0.1, 0.15) is 0 Å². The summed E-state index contributed by atoms with van der Waals surface area (Å²) in [5, 5.41) is 22.2. The summed E-state index contributed by atoms with van der Waals surface area (Å²) in [4.78, 5) is 2.25. The lowest BCUT2D eigenvalue weighted by atomic mass is 10.2. The van der Waals surface area contributed by atoms with Crippen LogP contribution in [0.2, 0.25) is 0 Å². The normalized spacial score (nSPS) is 11.4. The zero-order valence-electron chi connectivity index (χ0n) is 10.8. The third kappa shape index (κ3) is 4.24. The molecule has 0 aliphatic carbocycles. The van der Waals surface area contributed by atoms with E-state index < -0.39 is 0 Å². The molecule has 0 bridgehead atoms. The lowest BCUT2D eigenvalue weighted by Gasteiger charge is -2.21. The van der Waals surface area contributed by atoms with Gasteiger partial charge in [0.25, 0.3) is 0 Å². The van der Waals surface area contributed by atoms with Crippen LogP contribution in [0, 0.1) is 0 Å². The summed E-state index contributed by atoms with van der Waals surface area (Å²) in [6, 6.07) is 5.54. The molecule has 4 heteroatoms. The molecule has 0 amide bonds. The van der Waals surface area contributed by atoms with Crippen LogP contribution in [0.3, 0.4) is 0 Å². The Labute approximate surface area is 103 Å². The molecule has 17 heavy (non-hydrogen) atoms. The number of hydrogen-bond donors (Lipinski definition) is 3. The Bertz CT molecular complexity index is 353. The molecule has 0 aliphatic rings. The zero-order valence-corrected chi connectivity index (χ0v) is 10.8. The molecule has 4 nitrogen and oxygen atoms in total. The molecule has 0 atom stereocenters. The molecule has 0 heterocycles. The van der Waals surface area contributed by atoms with E-state index in [1.807, 2.05) is 0 Å². The van der Waals surface area contributed by atoms with Crippen LogP contribution < -0.4 is 5.32 Å². The second-order valence-electron chi connectivity index (χ2n) is 4.54. The third-order valence-electron chi connectivity index (χ3n) is 2.94. The summed E-state index contributed by atoms with van der Waals surface area (Å²) in [6.07, 6.45) is 0. The average molecular weight is 238 g/mol. The van der Waals surface area contributed by atoms with Gasteiger partial charge in [0.05, 0.1) is 0 Å². The van der Waals surface area contributed by atoms with Crippen molar-refractivity contribution in [2.75, 3.05) is 20.1 Å². The maximum Gasteiger partial charge on any atom is 0.161 e. The van der Waals surface area contributed by atoms with Gasteiger partial charge >= 0.3 is 0 Å². The Morgan fingerprint density at radius 3 is 2.65 bits per heavy atom. The molecule has 0 aromatic heterocycles. The first-order valence-corrected chi connectivity index (χ1v) is 5.93. The standard InChI is InChI=1S/C13H22N2O2/c1-10(2)15(3)8-7-14-9-11-5-4-6-12(16)13(11)17/h4-6,10,14,16-17H,7-9H2,1-3H3. The van der Waals surface area contributed by atoms with Crippen molar-refractivity contribution >= 4 is 0 Å². The lowest BCUT2D eigenvalue weighted by Crippen LogP contribution is -2.33. The number of likely N-dealkylation sites (N-methyl/N-ethyl adjacent to an activating group) is 1. The van der Waals surface area contributed by atoms with Crippen LogP contribution in [0.15, 0.2) is 18.2 Å². The van der Waals surface area contributed by atoms with Crippen molar-refractivity contribution in [3.05, 3.63) is 23.8 Å². The number of phenols is 2. The zero-order chi connectivity index (χ0) is 12.8. The number of nitrogens with one attached hydrogen (secondary N) is 1. The van der Waals surface area contributed by atoms with Gasteiger partial charge in [-0.25, -0.2) is 0 Å². The van der Waals surface area contributed by atoms with Gasteiger partial charge in [0.2, 0.25) is 0 Å². The number of phenolic OH excluding ortho intramolecular Hbond substituents is 2. The Balaban J connectivity index is 2.34. The minimum absolute atomic E-state index is 0.0304. The van der Waals surface area contributed by atoms with Crippen LogP contribution in [0.5, 0.6) is 11.5 Å². The monoisotopic (exact) mass is 238 g/mol. The maximum absolute atomic E-state index is 9.59. The first-order valence-electron chi connectivity index (χ1n) is 5.93. The number of rotatable bonds is 6. The summed E-state index contributed by atoms with van der Waals surface area (Å²) in [7, 11) is 2.08. The fraction of sp³-hybridized carbons (Fsp3) is 0.538. The molecule has 3 N–H and O–H groups in total. The van der Waals surface area contributed by atoms with E-state index in [2.05, 4.69) is 31.1 Å². The van der Waals surface area contributed by atoms with Gasteiger partial charge in [-0.15, -0.1) is 0 Å². The highest BCUT2D eigenvalue weighted by atomic mass is 16.3. The van der Waals surface area contributed by atoms with E-state index in [1.54, 1.807) is 12.1 Å². The Morgan fingerprint density at radius 1 is 1.29 bits per heavy atom. The van der Waals surface area contributed by atoms with E-state index in [-0.39, 0.29) is 11.5 Å². The first-order chi connectivity index (χ1) is 8.02. The van der Waals surface area contributed by atoms with Crippen molar-refractivity contribution in [2.45, 2.75) is 26.4 Å². The molecule has 0 aliphatic heterocycles. The molecule has 0 saturated carbocycles. The maximum atomic E-state index is 9.59. The van der Waals surface area contributed by atoms with Crippen molar-refractivity contribution in [2.24, 2.45) is 0 Å². The van der Waals surface area contributed by atoms with E-state index in [0.717, 1.165) is 18.7 Å². The molecule has 0 radical (unpaired) electrons. The highest BCUT2D eigenvalue weighted by Gasteiger charge is 2.05. The van der Waals surface area contributed by atoms with Gasteiger partial charge in [-0.05, 0) is 27.0 Å². The number of para-hydroxylation sites is 1. The van der Waals surface area contributed by atoms with Gasteiger partial charge in [-0.2, -0.15) is 0 Å². The van der Waals surface area contributed by atoms with Gasteiger partial charge < -0.3 is 20.4 Å². The smallest absolute Gasteiger partial charge is 0.161 e. The van der Waals surface area contributed by atoms with E-state index in [4.69, 9.17) is 0 Å². The number of hydrogen-bond acceptors (Lipinski definition) is 4. The number of benzene rings is 1. The van der Waals surface area contributed by atoms with Crippen LogP contribution in [0.1, 0.15) is 19.4 Å². The summed E-state index contributed by atoms with van der Waals surface area (Å²) >= 11 is 0. The molecule has 0 unspecified atom stereocenters. The van der Waals surface area contributed by atoms with E-state index in [1.165, 1.54) is 6.07 Å². The van der Waals surface area contributed by atoms with Crippen molar-refractivity contribution in [1.82, 2.24) is 10.2 Å². The first kappa shape index (κ1) is 13.8. The summed E-state index contributed by atoms with van der Waals surface area (Å²) in [5.41, 5.74) is 0.720. The minimum atomic E-state index is -0.0661. The quantitative estimate of drug-likeness (QED) is 0.519. The van der Waals surface area contributed by atoms with Crippen molar-refractivity contribution < 1.29 is 10.2 Å². The average Bonchev–Trinajstić information content (AvgIpc) is 2.29. The van der Waals surface area contributed by atoms with Crippen LogP contribution in [0.25, 0.3) is 0 Å². The topological polar surface area (TPSA) is 55.7 Å². The lowest BCUT2D eigenvalue weighted by molar-refractivity contribution is 0.273. The second kappa shape index (κ2) is 6.47. The van der Waals surface area contributed by atoms with Crippen molar-refractivity contribution in [3.8, 4) is 11.5 Å². The number of aromatic hydroxyl groups is 2. The van der Waals surface area contributed by atoms with E-state index in [9.17, 15) is 10.2 Å². The predicted molar refractivity (Wildman–Crippen MR) is 69.2 cm³/mol. The molecule has 96 valence electrons. The van der Waals surface area contributed by atoms with Crippen molar-refractivity contribution in [1.29, 1.82) is 0 Å². The molecule has 1 rings (SSSR count). The molecule has 0 spiro atoms. The summed E-state index contributed by atoms with van der Waals surface area (Å²) in [5.74, 6) is -0.0965. The van der Waals surface area contributed by atoms with Crippen LogP contribution >= 0.6 is 0 Å². The Hall–Kier alpha value is -1.26. The van der Waals surface area contributed by atoms with Gasteiger partial charge in [0, 0.05) is 31.2 Å². The SMILES string of the molecule is CC(C)N(C)CCNCc1cccc(O)c1O. The minimum Gasteiger partial charge on any atom is -0.504 e. The van der Waals surface area contributed by atoms with E-state index in [0.29, 0.717) is 12.6 Å². The summed E-state index contributed by atoms with van der Waals surface area (Å²) in [6.45, 7) is 6.68.